The van der Waals surface area contributed by atoms with Gasteiger partial charge in [-0.2, -0.15) is 0 Å². The fourth-order valence-corrected chi connectivity index (χ4v) is 7.72. The molecule has 3 saturated heterocycles. The van der Waals surface area contributed by atoms with Crippen LogP contribution in [0.4, 0.5) is 14.9 Å². The second-order valence-corrected chi connectivity index (χ2v) is 14.6. The van der Waals surface area contributed by atoms with Crippen LogP contribution in [-0.2, 0) is 20.7 Å². The number of hydrogen-bond acceptors (Lipinski definition) is 10. The van der Waals surface area contributed by atoms with Gasteiger partial charge >= 0.3 is 6.09 Å². The van der Waals surface area contributed by atoms with E-state index in [0.29, 0.717) is 63.9 Å². The van der Waals surface area contributed by atoms with E-state index >= 15 is 0 Å². The summed E-state index contributed by atoms with van der Waals surface area (Å²) in [7, 11) is 0. The monoisotopic (exact) mass is 725 g/mol. The summed E-state index contributed by atoms with van der Waals surface area (Å²) in [5.41, 5.74) is 2.03. The Bertz CT molecular complexity index is 1570. The lowest BCUT2D eigenvalue weighted by Gasteiger charge is -2.48. The average Bonchev–Trinajstić information content (AvgIpc) is 3.11. The Labute approximate surface area is 304 Å². The molecular weight excluding hydrogens is 673 g/mol. The Morgan fingerprint density at radius 2 is 1.65 bits per heavy atom. The van der Waals surface area contributed by atoms with E-state index in [0.717, 1.165) is 18.7 Å². The lowest BCUT2D eigenvalue weighted by molar-refractivity contribution is -0.122. The second kappa shape index (κ2) is 16.8. The van der Waals surface area contributed by atoms with Gasteiger partial charge in [-0.1, -0.05) is 12.1 Å². The maximum absolute atomic E-state index is 14.4. The van der Waals surface area contributed by atoms with Crippen LogP contribution in [-0.4, -0.2) is 163 Å². The van der Waals surface area contributed by atoms with Crippen molar-refractivity contribution in [3.8, 4) is 5.88 Å². The van der Waals surface area contributed by atoms with E-state index in [1.807, 2.05) is 13.8 Å². The number of nitrogens with zero attached hydrogens (tertiary/aromatic N) is 6. The van der Waals surface area contributed by atoms with Crippen molar-refractivity contribution in [3.05, 3.63) is 53.0 Å². The third-order valence-electron chi connectivity index (χ3n) is 10.6. The fraction of sp³-hybridized carbons (Fsp3) is 0.622. The topological polar surface area (TPSA) is 140 Å². The number of ether oxygens (including phenoxy) is 3. The number of hydrogen-bond donors (Lipinski definition) is 2. The van der Waals surface area contributed by atoms with Gasteiger partial charge < -0.3 is 34.4 Å². The van der Waals surface area contributed by atoms with Gasteiger partial charge in [-0.25, -0.2) is 14.2 Å². The Hall–Kier alpha value is -3.89. The number of amides is 3. The molecule has 0 radical (unpaired) electrons. The molecule has 2 N–H and O–H groups in total. The molecule has 4 aliphatic rings. The lowest BCUT2D eigenvalue weighted by atomic mass is 10.0. The largest absolute Gasteiger partial charge is 0.474 e. The first kappa shape index (κ1) is 37.9. The van der Waals surface area contributed by atoms with E-state index in [1.165, 1.54) is 17.0 Å². The number of carbonyl (C=O) groups is 3. The quantitative estimate of drug-likeness (QED) is 0.373. The molecule has 5 heterocycles. The van der Waals surface area contributed by atoms with Crippen molar-refractivity contribution in [1.82, 2.24) is 29.9 Å². The van der Waals surface area contributed by atoms with E-state index in [4.69, 9.17) is 19.2 Å². The molecule has 0 saturated carbocycles. The minimum atomic E-state index is -0.969. The highest BCUT2D eigenvalue weighted by Gasteiger charge is 2.40. The first-order valence-corrected chi connectivity index (χ1v) is 18.4. The maximum atomic E-state index is 14.4. The average molecular weight is 726 g/mol. The lowest BCUT2D eigenvalue weighted by Crippen LogP contribution is -2.65. The Morgan fingerprint density at radius 3 is 2.35 bits per heavy atom. The fourth-order valence-electron chi connectivity index (χ4n) is 7.72. The molecule has 284 valence electrons. The number of anilines is 1. The Balaban J connectivity index is 1.26. The number of carbonyl (C=O) groups excluding carboxylic acids is 2. The number of nitrogens with one attached hydrogen (secondary N) is 1. The summed E-state index contributed by atoms with van der Waals surface area (Å²) in [5.74, 6) is -0.683. The number of rotatable bonds is 10. The van der Waals surface area contributed by atoms with Gasteiger partial charge in [-0.3, -0.25) is 24.3 Å². The molecule has 4 aliphatic heterocycles. The molecule has 0 aliphatic carbocycles. The predicted octanol–water partition coefficient (Wildman–Crippen LogP) is 2.15. The normalized spacial score (nSPS) is 26.1. The van der Waals surface area contributed by atoms with Gasteiger partial charge in [0.1, 0.15) is 23.8 Å². The predicted molar refractivity (Wildman–Crippen MR) is 191 cm³/mol. The minimum absolute atomic E-state index is 0.0659. The molecule has 0 bridgehead atoms. The van der Waals surface area contributed by atoms with Gasteiger partial charge in [0.05, 0.1) is 39.0 Å². The van der Waals surface area contributed by atoms with Crippen molar-refractivity contribution < 1.29 is 38.1 Å². The molecule has 52 heavy (non-hydrogen) atoms. The molecule has 3 fully saturated rings. The molecule has 1 aromatic heterocycles. The molecule has 14 nitrogen and oxygen atoms in total. The van der Waals surface area contributed by atoms with E-state index in [2.05, 4.69) is 33.9 Å². The number of pyridine rings is 1. The molecule has 2 aromatic rings. The van der Waals surface area contributed by atoms with Crippen molar-refractivity contribution >= 4 is 23.6 Å². The number of aromatic nitrogens is 1. The molecule has 0 spiro atoms. The zero-order valence-electron chi connectivity index (χ0n) is 30.6. The summed E-state index contributed by atoms with van der Waals surface area (Å²) in [4.78, 5) is 54.9. The minimum Gasteiger partial charge on any atom is -0.474 e. The van der Waals surface area contributed by atoms with Crippen LogP contribution in [0.1, 0.15) is 49.3 Å². The number of fused-ring (bicyclic) bond motifs is 1. The van der Waals surface area contributed by atoms with Gasteiger partial charge in [-0.05, 0) is 63.4 Å². The van der Waals surface area contributed by atoms with E-state index in [1.54, 1.807) is 23.1 Å². The highest BCUT2D eigenvalue weighted by molar-refractivity contribution is 5.99. The first-order valence-electron chi connectivity index (χ1n) is 18.4. The van der Waals surface area contributed by atoms with E-state index in [-0.39, 0.29) is 85.5 Å². The molecule has 6 rings (SSSR count). The summed E-state index contributed by atoms with van der Waals surface area (Å²) < 4.78 is 31.0. The third-order valence-corrected chi connectivity index (χ3v) is 10.6. The van der Waals surface area contributed by atoms with Crippen LogP contribution in [0.2, 0.25) is 0 Å². The molecule has 1 aromatic carbocycles. The zero-order chi connectivity index (χ0) is 36.9. The van der Waals surface area contributed by atoms with Crippen molar-refractivity contribution in [3.63, 3.8) is 0 Å². The van der Waals surface area contributed by atoms with Crippen molar-refractivity contribution in [2.75, 3.05) is 90.3 Å². The zero-order valence-corrected chi connectivity index (χ0v) is 30.6. The number of benzene rings is 1. The highest BCUT2D eigenvalue weighted by Crippen LogP contribution is 2.35. The van der Waals surface area contributed by atoms with Crippen LogP contribution in [0.3, 0.4) is 0 Å². The van der Waals surface area contributed by atoms with Crippen molar-refractivity contribution in [2.24, 2.45) is 0 Å². The number of morpholine rings is 2. The molecule has 5 atom stereocenters. The molecule has 1 unspecified atom stereocenters. The summed E-state index contributed by atoms with van der Waals surface area (Å²) in [6, 6.07) is 7.36. The standard InChI is InChI=1S/C37H52FN7O7/c1-24-17-42(31(19-44(24)37(48)49)18-43-25(2)21-51-22-26(43)3)20-33(46)45-27(4)23-52-36-32(45)16-29(15-28-5-7-30(38)8-6-28)34(40-36)35(47)39-9-10-41-11-13-50-14-12-41/h5-8,16,24-27,31H,9-15,17-23H2,1-4H3,(H,39,47)(H,48,49)/t24-,25-,26-,27?,31+/m1/s1. The van der Waals surface area contributed by atoms with E-state index < -0.39 is 6.09 Å². The van der Waals surface area contributed by atoms with Crippen LogP contribution in [0.15, 0.2) is 30.3 Å². The van der Waals surface area contributed by atoms with Crippen molar-refractivity contribution in [1.29, 1.82) is 0 Å². The number of carboxylic acid groups (broad SMARTS) is 1. The first-order chi connectivity index (χ1) is 25.0. The smallest absolute Gasteiger partial charge is 0.407 e. The van der Waals surface area contributed by atoms with Gasteiger partial charge in [-0.15, -0.1) is 0 Å². The van der Waals surface area contributed by atoms with Gasteiger partial charge in [0.2, 0.25) is 11.8 Å². The van der Waals surface area contributed by atoms with Crippen molar-refractivity contribution in [2.45, 2.75) is 64.3 Å². The van der Waals surface area contributed by atoms with Gasteiger partial charge in [0.15, 0.2) is 0 Å². The summed E-state index contributed by atoms with van der Waals surface area (Å²) in [6.07, 6.45) is -0.682. The van der Waals surface area contributed by atoms with Crippen LogP contribution >= 0.6 is 0 Å². The SMILES string of the molecule is CC1COc2nc(C(=O)NCCN3CCOCC3)c(Cc3ccc(F)cc3)cc2N1C(=O)CN1C[C@@H](C)N(C(=O)O)C[C@@H]1CN1[C@H](C)COC[C@H]1C. The third kappa shape index (κ3) is 8.83. The Morgan fingerprint density at radius 1 is 0.942 bits per heavy atom. The Kier molecular flexibility index (Phi) is 12.3. The van der Waals surface area contributed by atoms with Crippen LogP contribution in [0.5, 0.6) is 5.88 Å². The van der Waals surface area contributed by atoms with Crippen LogP contribution in [0, 0.1) is 5.82 Å². The second-order valence-electron chi connectivity index (χ2n) is 14.6. The number of halogens is 1. The highest BCUT2D eigenvalue weighted by atomic mass is 19.1. The van der Waals surface area contributed by atoms with Gasteiger partial charge in [0, 0.05) is 70.0 Å². The summed E-state index contributed by atoms with van der Waals surface area (Å²) in [6.45, 7) is 14.7. The maximum Gasteiger partial charge on any atom is 0.407 e. The van der Waals surface area contributed by atoms with Crippen LogP contribution < -0.4 is 15.0 Å². The van der Waals surface area contributed by atoms with E-state index in [9.17, 15) is 23.9 Å². The molecular formula is C37H52FN7O7. The molecule has 15 heteroatoms. The number of piperazine rings is 1. The molecule has 3 amide bonds. The van der Waals surface area contributed by atoms with Crippen LogP contribution in [0.25, 0.3) is 0 Å². The summed E-state index contributed by atoms with van der Waals surface area (Å²) >= 11 is 0. The van der Waals surface area contributed by atoms with Gasteiger partial charge in [0.25, 0.3) is 5.91 Å². The summed E-state index contributed by atoms with van der Waals surface area (Å²) in [5, 5.41) is 13.0.